The summed E-state index contributed by atoms with van der Waals surface area (Å²) in [5.74, 6) is 0.841. The van der Waals surface area contributed by atoms with Gasteiger partial charge in [0.1, 0.15) is 5.75 Å². The van der Waals surface area contributed by atoms with Crippen molar-refractivity contribution < 1.29 is 9.53 Å². The Morgan fingerprint density at radius 2 is 2.44 bits per heavy atom. The first-order chi connectivity index (χ1) is 7.83. The van der Waals surface area contributed by atoms with Gasteiger partial charge in [0.25, 0.3) is 0 Å². The van der Waals surface area contributed by atoms with Crippen molar-refractivity contribution in [3.63, 3.8) is 0 Å². The quantitative estimate of drug-likeness (QED) is 0.715. The minimum absolute atomic E-state index is 0.0941. The molecule has 16 heavy (non-hydrogen) atoms. The molecule has 4 nitrogen and oxygen atoms in total. The van der Waals surface area contributed by atoms with Crippen LogP contribution in [0, 0.1) is 0 Å². The van der Waals surface area contributed by atoms with Crippen LogP contribution in [0.25, 0.3) is 0 Å². The average molecular weight is 222 g/mol. The summed E-state index contributed by atoms with van der Waals surface area (Å²) in [6.45, 7) is 3.33. The van der Waals surface area contributed by atoms with Gasteiger partial charge < -0.3 is 10.1 Å². The third kappa shape index (κ3) is 5.34. The maximum absolute atomic E-state index is 11.2. The van der Waals surface area contributed by atoms with Crippen LogP contribution in [0.4, 0.5) is 0 Å². The van der Waals surface area contributed by atoms with Crippen LogP contribution >= 0.6 is 0 Å². The molecular formula is C12H18N2O2. The van der Waals surface area contributed by atoms with E-state index in [4.69, 9.17) is 4.74 Å². The predicted molar refractivity (Wildman–Crippen MR) is 62.3 cm³/mol. The van der Waals surface area contributed by atoms with E-state index < -0.39 is 0 Å². The highest BCUT2D eigenvalue weighted by atomic mass is 16.5. The second kappa shape index (κ2) is 7.68. The Bertz CT molecular complexity index is 301. The summed E-state index contributed by atoms with van der Waals surface area (Å²) < 4.78 is 5.42. The number of nitrogens with zero attached hydrogens (tertiary/aromatic N) is 1. The molecule has 1 aromatic heterocycles. The zero-order chi connectivity index (χ0) is 11.6. The van der Waals surface area contributed by atoms with Crippen molar-refractivity contribution in [3.05, 3.63) is 24.5 Å². The lowest BCUT2D eigenvalue weighted by Crippen LogP contribution is -2.24. The van der Waals surface area contributed by atoms with Gasteiger partial charge in [-0.3, -0.25) is 9.78 Å². The van der Waals surface area contributed by atoms with E-state index in [1.807, 2.05) is 19.1 Å². The van der Waals surface area contributed by atoms with Crippen molar-refractivity contribution >= 4 is 5.91 Å². The first kappa shape index (κ1) is 12.5. The maximum atomic E-state index is 11.2. The third-order valence-corrected chi connectivity index (χ3v) is 2.02. The lowest BCUT2D eigenvalue weighted by Gasteiger charge is -2.05. The first-order valence-corrected chi connectivity index (χ1v) is 5.62. The molecule has 0 aliphatic rings. The average Bonchev–Trinajstić information content (AvgIpc) is 2.33. The molecule has 0 aliphatic carbocycles. The van der Waals surface area contributed by atoms with E-state index in [-0.39, 0.29) is 5.91 Å². The molecule has 0 saturated carbocycles. The number of aromatic nitrogens is 1. The highest BCUT2D eigenvalue weighted by Crippen LogP contribution is 2.06. The third-order valence-electron chi connectivity index (χ3n) is 2.02. The number of hydrogen-bond acceptors (Lipinski definition) is 3. The van der Waals surface area contributed by atoms with Gasteiger partial charge in [0.05, 0.1) is 12.8 Å². The molecule has 0 radical (unpaired) electrons. The van der Waals surface area contributed by atoms with Gasteiger partial charge >= 0.3 is 0 Å². The standard InChI is InChI=1S/C12H18N2O2/c1-2-7-14-12(15)6-4-9-16-11-5-3-8-13-10-11/h3,5,8,10H,2,4,6-7,9H2,1H3,(H,14,15). The zero-order valence-electron chi connectivity index (χ0n) is 9.61. The van der Waals surface area contributed by atoms with E-state index in [1.54, 1.807) is 12.4 Å². The minimum atomic E-state index is 0.0941. The van der Waals surface area contributed by atoms with Crippen molar-refractivity contribution in [2.24, 2.45) is 0 Å². The summed E-state index contributed by atoms with van der Waals surface area (Å²) in [5, 5.41) is 2.82. The Kier molecular flexibility index (Phi) is 5.99. The first-order valence-electron chi connectivity index (χ1n) is 5.62. The molecule has 1 rings (SSSR count). The molecule has 1 heterocycles. The molecule has 0 atom stereocenters. The Morgan fingerprint density at radius 1 is 1.56 bits per heavy atom. The lowest BCUT2D eigenvalue weighted by atomic mass is 10.3. The number of hydrogen-bond donors (Lipinski definition) is 1. The largest absolute Gasteiger partial charge is 0.492 e. The van der Waals surface area contributed by atoms with Crippen molar-refractivity contribution in [1.29, 1.82) is 0 Å². The summed E-state index contributed by atoms with van der Waals surface area (Å²) in [4.78, 5) is 15.2. The van der Waals surface area contributed by atoms with E-state index in [0.29, 0.717) is 13.0 Å². The Morgan fingerprint density at radius 3 is 3.12 bits per heavy atom. The number of amides is 1. The molecule has 1 N–H and O–H groups in total. The highest BCUT2D eigenvalue weighted by molar-refractivity contribution is 5.75. The van der Waals surface area contributed by atoms with Crippen LogP contribution in [0.1, 0.15) is 26.2 Å². The molecule has 1 amide bonds. The van der Waals surface area contributed by atoms with Crippen molar-refractivity contribution in [1.82, 2.24) is 10.3 Å². The normalized spacial score (nSPS) is 9.81. The Labute approximate surface area is 96.0 Å². The number of nitrogens with one attached hydrogen (secondary N) is 1. The molecule has 0 fully saturated rings. The van der Waals surface area contributed by atoms with Gasteiger partial charge in [-0.2, -0.15) is 0 Å². The van der Waals surface area contributed by atoms with Gasteiger partial charge in [-0.15, -0.1) is 0 Å². The second-order valence-electron chi connectivity index (χ2n) is 3.49. The molecule has 0 saturated heterocycles. The minimum Gasteiger partial charge on any atom is -0.492 e. The maximum Gasteiger partial charge on any atom is 0.220 e. The summed E-state index contributed by atoms with van der Waals surface area (Å²) in [7, 11) is 0. The van der Waals surface area contributed by atoms with Gasteiger partial charge in [0.2, 0.25) is 5.91 Å². The van der Waals surface area contributed by atoms with Crippen molar-refractivity contribution in [2.45, 2.75) is 26.2 Å². The monoisotopic (exact) mass is 222 g/mol. The molecule has 0 unspecified atom stereocenters. The predicted octanol–water partition coefficient (Wildman–Crippen LogP) is 1.77. The number of rotatable bonds is 7. The fraction of sp³-hybridized carbons (Fsp3) is 0.500. The summed E-state index contributed by atoms with van der Waals surface area (Å²) >= 11 is 0. The van der Waals surface area contributed by atoms with Crippen LogP contribution in [0.15, 0.2) is 24.5 Å². The van der Waals surface area contributed by atoms with E-state index >= 15 is 0 Å². The number of carbonyl (C=O) groups excluding carboxylic acids is 1. The topological polar surface area (TPSA) is 51.2 Å². The number of ether oxygens (including phenoxy) is 1. The molecule has 0 aliphatic heterocycles. The van der Waals surface area contributed by atoms with Crippen LogP contribution in [-0.2, 0) is 4.79 Å². The van der Waals surface area contributed by atoms with E-state index in [1.165, 1.54) is 0 Å². The Hall–Kier alpha value is -1.58. The van der Waals surface area contributed by atoms with Crippen LogP contribution in [0.5, 0.6) is 5.75 Å². The molecule has 0 aromatic carbocycles. The van der Waals surface area contributed by atoms with Gasteiger partial charge in [-0.05, 0) is 25.0 Å². The smallest absolute Gasteiger partial charge is 0.220 e. The molecule has 0 spiro atoms. The van der Waals surface area contributed by atoms with Crippen LogP contribution in [0.3, 0.4) is 0 Å². The van der Waals surface area contributed by atoms with E-state index in [0.717, 1.165) is 25.1 Å². The van der Waals surface area contributed by atoms with Crippen LogP contribution in [-0.4, -0.2) is 24.0 Å². The summed E-state index contributed by atoms with van der Waals surface area (Å²) in [6, 6.07) is 3.67. The molecule has 88 valence electrons. The van der Waals surface area contributed by atoms with E-state index in [9.17, 15) is 4.79 Å². The van der Waals surface area contributed by atoms with Gasteiger partial charge in [0, 0.05) is 19.2 Å². The van der Waals surface area contributed by atoms with Crippen LogP contribution in [0.2, 0.25) is 0 Å². The van der Waals surface area contributed by atoms with Gasteiger partial charge in [-0.1, -0.05) is 6.92 Å². The number of pyridine rings is 1. The second-order valence-corrected chi connectivity index (χ2v) is 3.49. The van der Waals surface area contributed by atoms with Gasteiger partial charge in [-0.25, -0.2) is 0 Å². The lowest BCUT2D eigenvalue weighted by molar-refractivity contribution is -0.121. The fourth-order valence-electron chi connectivity index (χ4n) is 1.21. The summed E-state index contributed by atoms with van der Waals surface area (Å²) in [6.07, 6.45) is 5.57. The Balaban J connectivity index is 2.06. The highest BCUT2D eigenvalue weighted by Gasteiger charge is 1.99. The van der Waals surface area contributed by atoms with E-state index in [2.05, 4.69) is 10.3 Å². The van der Waals surface area contributed by atoms with Crippen molar-refractivity contribution in [3.8, 4) is 5.75 Å². The number of carbonyl (C=O) groups is 1. The molecule has 1 aromatic rings. The SMILES string of the molecule is CCCNC(=O)CCCOc1cccnc1. The zero-order valence-corrected chi connectivity index (χ0v) is 9.61. The van der Waals surface area contributed by atoms with Crippen LogP contribution < -0.4 is 10.1 Å². The van der Waals surface area contributed by atoms with Gasteiger partial charge in [0.15, 0.2) is 0 Å². The molecule has 4 heteroatoms. The molecule has 0 bridgehead atoms. The van der Waals surface area contributed by atoms with Crippen molar-refractivity contribution in [2.75, 3.05) is 13.2 Å². The fourth-order valence-corrected chi connectivity index (χ4v) is 1.21. The molecular weight excluding hydrogens is 204 g/mol. The summed E-state index contributed by atoms with van der Waals surface area (Å²) in [5.41, 5.74) is 0.